The monoisotopic (exact) mass is 305 g/mol. The molecule has 1 aromatic heterocycles. The number of rotatable bonds is 3. The average molecular weight is 305 g/mol. The van der Waals surface area contributed by atoms with Crippen molar-refractivity contribution in [1.82, 2.24) is 4.98 Å². The third-order valence-corrected chi connectivity index (χ3v) is 4.48. The van der Waals surface area contributed by atoms with Crippen molar-refractivity contribution in [3.63, 3.8) is 0 Å². The van der Waals surface area contributed by atoms with Crippen LogP contribution < -0.4 is 10.5 Å². The highest BCUT2D eigenvalue weighted by Gasteiger charge is 2.25. The molecule has 0 aliphatic heterocycles. The molecule has 0 bridgehead atoms. The Labute approximate surface area is 112 Å². The minimum absolute atomic E-state index is 0.0353. The third kappa shape index (κ3) is 2.82. The van der Waals surface area contributed by atoms with Crippen molar-refractivity contribution in [3.05, 3.63) is 34.8 Å². The van der Waals surface area contributed by atoms with E-state index in [4.69, 9.17) is 5.73 Å². The number of sulfonamides is 1. The summed E-state index contributed by atoms with van der Waals surface area (Å²) in [7, 11) is -4.39. The van der Waals surface area contributed by atoms with E-state index in [0.29, 0.717) is 0 Å². The summed E-state index contributed by atoms with van der Waals surface area (Å²) in [6, 6.07) is 1.48. The van der Waals surface area contributed by atoms with Gasteiger partial charge in [-0.25, -0.2) is 22.2 Å². The van der Waals surface area contributed by atoms with Crippen molar-refractivity contribution in [2.24, 2.45) is 0 Å². The fourth-order valence-corrected chi connectivity index (χ4v) is 3.43. The smallest absolute Gasteiger partial charge is 0.269 e. The molecule has 0 fully saturated rings. The molecule has 2 aromatic rings. The molecule has 19 heavy (non-hydrogen) atoms. The number of aryl methyl sites for hydroxylation is 1. The standard InChI is InChI=1S/C10H9F2N3O2S2/c1-5-4-14-10(18-5)15-19(16,17)9-7(11)2-6(13)3-8(9)12/h2-4H,13H2,1H3,(H,14,15). The number of nitrogen functional groups attached to an aromatic ring is 1. The van der Waals surface area contributed by atoms with Gasteiger partial charge >= 0.3 is 0 Å². The van der Waals surface area contributed by atoms with Crippen LogP contribution in [0.3, 0.4) is 0 Å². The summed E-state index contributed by atoms with van der Waals surface area (Å²) in [5, 5.41) is 0.0353. The van der Waals surface area contributed by atoms with Crippen LogP contribution in [0.15, 0.2) is 23.2 Å². The second-order valence-corrected chi connectivity index (χ2v) is 6.55. The lowest BCUT2D eigenvalue weighted by Gasteiger charge is -2.08. The molecule has 9 heteroatoms. The fourth-order valence-electron chi connectivity index (χ4n) is 1.40. The number of anilines is 2. The first-order valence-electron chi connectivity index (χ1n) is 4.99. The van der Waals surface area contributed by atoms with Gasteiger partial charge in [0.25, 0.3) is 10.0 Å². The first kappa shape index (κ1) is 13.7. The third-order valence-electron chi connectivity index (χ3n) is 2.13. The molecule has 0 spiro atoms. The second-order valence-electron chi connectivity index (χ2n) is 3.70. The van der Waals surface area contributed by atoms with Gasteiger partial charge in [0.1, 0.15) is 11.6 Å². The number of nitrogens with one attached hydrogen (secondary N) is 1. The summed E-state index contributed by atoms with van der Waals surface area (Å²) in [6.45, 7) is 1.72. The molecule has 0 aliphatic rings. The summed E-state index contributed by atoms with van der Waals surface area (Å²) < 4.78 is 52.9. The number of hydrogen-bond acceptors (Lipinski definition) is 5. The number of nitrogens with zero attached hydrogens (tertiary/aromatic N) is 1. The summed E-state index contributed by atoms with van der Waals surface area (Å²) in [5.41, 5.74) is 5.03. The number of nitrogens with two attached hydrogens (primary N) is 1. The van der Waals surface area contributed by atoms with Gasteiger partial charge in [-0.05, 0) is 19.1 Å². The van der Waals surface area contributed by atoms with Gasteiger partial charge in [-0.15, -0.1) is 11.3 Å². The van der Waals surface area contributed by atoms with Crippen LogP contribution in [0.5, 0.6) is 0 Å². The molecule has 0 saturated heterocycles. The molecule has 2 rings (SSSR count). The Morgan fingerprint density at radius 1 is 1.32 bits per heavy atom. The van der Waals surface area contributed by atoms with Gasteiger partial charge in [-0.3, -0.25) is 4.72 Å². The lowest BCUT2D eigenvalue weighted by molar-refractivity contribution is 0.522. The fraction of sp³-hybridized carbons (Fsp3) is 0.100. The van der Waals surface area contributed by atoms with E-state index in [-0.39, 0.29) is 10.8 Å². The van der Waals surface area contributed by atoms with Gasteiger partial charge in [-0.2, -0.15) is 0 Å². The van der Waals surface area contributed by atoms with Crippen molar-refractivity contribution < 1.29 is 17.2 Å². The molecule has 1 aromatic carbocycles. The quantitative estimate of drug-likeness (QED) is 0.851. The highest BCUT2D eigenvalue weighted by molar-refractivity contribution is 7.93. The zero-order valence-corrected chi connectivity index (χ0v) is 11.3. The van der Waals surface area contributed by atoms with Crippen LogP contribution in [-0.4, -0.2) is 13.4 Å². The van der Waals surface area contributed by atoms with Crippen LogP contribution in [0.25, 0.3) is 0 Å². The van der Waals surface area contributed by atoms with Gasteiger partial charge in [0.15, 0.2) is 10.0 Å². The van der Waals surface area contributed by atoms with Crippen molar-refractivity contribution in [2.75, 3.05) is 10.5 Å². The molecule has 0 amide bonds. The first-order chi connectivity index (χ1) is 8.79. The Hall–Kier alpha value is -1.74. The molecule has 0 unspecified atom stereocenters. The van der Waals surface area contributed by atoms with E-state index in [1.54, 1.807) is 6.92 Å². The molecule has 1 heterocycles. The number of aromatic nitrogens is 1. The highest BCUT2D eigenvalue weighted by Crippen LogP contribution is 2.25. The van der Waals surface area contributed by atoms with Crippen LogP contribution >= 0.6 is 11.3 Å². The zero-order valence-electron chi connectivity index (χ0n) is 9.65. The molecule has 0 radical (unpaired) electrons. The Balaban J connectivity index is 2.45. The minimum Gasteiger partial charge on any atom is -0.399 e. The van der Waals surface area contributed by atoms with Gasteiger partial charge in [0.2, 0.25) is 0 Å². The lowest BCUT2D eigenvalue weighted by atomic mass is 10.3. The molecular weight excluding hydrogens is 296 g/mol. The highest BCUT2D eigenvalue weighted by atomic mass is 32.2. The molecule has 102 valence electrons. The number of hydrogen-bond donors (Lipinski definition) is 2. The maximum absolute atomic E-state index is 13.6. The van der Waals surface area contributed by atoms with Crippen LogP contribution in [0.4, 0.5) is 19.6 Å². The second kappa shape index (κ2) is 4.74. The van der Waals surface area contributed by atoms with Crippen LogP contribution in [0.2, 0.25) is 0 Å². The Kier molecular flexibility index (Phi) is 3.42. The van der Waals surface area contributed by atoms with Gasteiger partial charge < -0.3 is 5.73 Å². The van der Waals surface area contributed by atoms with Crippen molar-refractivity contribution >= 4 is 32.2 Å². The van der Waals surface area contributed by atoms with Gasteiger partial charge in [0.05, 0.1) is 0 Å². The molecule has 3 N–H and O–H groups in total. The molecule has 0 saturated carbocycles. The predicted molar refractivity (Wildman–Crippen MR) is 68.4 cm³/mol. The molecule has 0 atom stereocenters. The molecule has 5 nitrogen and oxygen atoms in total. The Bertz CT molecular complexity index is 705. The predicted octanol–water partition coefficient (Wildman–Crippen LogP) is 2.11. The molecular formula is C10H9F2N3O2S2. The van der Waals surface area contributed by atoms with Crippen molar-refractivity contribution in [1.29, 1.82) is 0 Å². The van der Waals surface area contributed by atoms with Crippen LogP contribution in [-0.2, 0) is 10.0 Å². The number of thiazole rings is 1. The zero-order chi connectivity index (χ0) is 14.2. The van der Waals surface area contributed by atoms with E-state index in [9.17, 15) is 17.2 Å². The van der Waals surface area contributed by atoms with E-state index in [1.807, 2.05) is 4.72 Å². The number of benzene rings is 1. The van der Waals surface area contributed by atoms with E-state index >= 15 is 0 Å². The minimum atomic E-state index is -4.39. The normalized spacial score (nSPS) is 11.5. The van der Waals surface area contributed by atoms with Crippen LogP contribution in [0.1, 0.15) is 4.88 Å². The van der Waals surface area contributed by atoms with Crippen LogP contribution in [0, 0.1) is 18.6 Å². The van der Waals surface area contributed by atoms with E-state index in [2.05, 4.69) is 4.98 Å². The summed E-state index contributed by atoms with van der Waals surface area (Å²) in [6.07, 6.45) is 1.44. The van der Waals surface area contributed by atoms with Crippen molar-refractivity contribution in [3.8, 4) is 0 Å². The largest absolute Gasteiger partial charge is 0.399 e. The summed E-state index contributed by atoms with van der Waals surface area (Å²) in [4.78, 5) is 3.45. The summed E-state index contributed by atoms with van der Waals surface area (Å²) in [5.74, 6) is -2.50. The average Bonchev–Trinajstić information content (AvgIpc) is 2.60. The maximum atomic E-state index is 13.6. The van der Waals surface area contributed by atoms with E-state index < -0.39 is 26.6 Å². The topological polar surface area (TPSA) is 85.1 Å². The Morgan fingerprint density at radius 2 is 1.89 bits per heavy atom. The Morgan fingerprint density at radius 3 is 2.37 bits per heavy atom. The first-order valence-corrected chi connectivity index (χ1v) is 7.29. The van der Waals surface area contributed by atoms with Crippen molar-refractivity contribution in [2.45, 2.75) is 11.8 Å². The van der Waals surface area contributed by atoms with E-state index in [0.717, 1.165) is 28.3 Å². The number of halogens is 2. The SMILES string of the molecule is Cc1cnc(NS(=O)(=O)c2c(F)cc(N)cc2F)s1. The summed E-state index contributed by atoms with van der Waals surface area (Å²) >= 11 is 1.05. The van der Waals surface area contributed by atoms with Gasteiger partial charge in [-0.1, -0.05) is 0 Å². The molecule has 0 aliphatic carbocycles. The van der Waals surface area contributed by atoms with Gasteiger partial charge in [0, 0.05) is 16.8 Å². The van der Waals surface area contributed by atoms with E-state index in [1.165, 1.54) is 6.20 Å². The maximum Gasteiger partial charge on any atom is 0.269 e. The lowest BCUT2D eigenvalue weighted by Crippen LogP contribution is -2.16.